The number of anilines is 1. The number of fused-ring (bicyclic) bond motifs is 3. The third-order valence-electron chi connectivity index (χ3n) is 5.62. The number of aryl methyl sites for hydroxylation is 1. The molecule has 0 aliphatic carbocycles. The Balaban J connectivity index is 1.59. The first-order valence-electron chi connectivity index (χ1n) is 10.5. The summed E-state index contributed by atoms with van der Waals surface area (Å²) in [6.07, 6.45) is 1.57. The Kier molecular flexibility index (Phi) is 5.96. The number of carbonyl (C=O) groups excluding carboxylic acids is 2. The van der Waals surface area contributed by atoms with Crippen LogP contribution in [-0.4, -0.2) is 39.0 Å². The number of amides is 2. The van der Waals surface area contributed by atoms with Crippen molar-refractivity contribution in [3.63, 3.8) is 0 Å². The lowest BCUT2D eigenvalue weighted by Gasteiger charge is -2.27. The molecule has 0 saturated heterocycles. The van der Waals surface area contributed by atoms with Gasteiger partial charge in [0.2, 0.25) is 5.91 Å². The summed E-state index contributed by atoms with van der Waals surface area (Å²) in [6.45, 7) is 7.88. The standard InChI is InChI=1S/C24H26N4O2S/c1-5-9-20-23(30)28-21(25-20)17-11-6-7-12-19(17)27-24(28)31-16(4)22(29)26-18-13-8-10-14(2)15(18)3/h6-8,10-13,16,20H,5,9H2,1-4H3,(H,26,29). The van der Waals surface area contributed by atoms with Gasteiger partial charge in [-0.2, -0.15) is 0 Å². The van der Waals surface area contributed by atoms with E-state index in [-0.39, 0.29) is 11.8 Å². The Labute approximate surface area is 186 Å². The summed E-state index contributed by atoms with van der Waals surface area (Å²) in [5, 5.41) is 3.07. The first-order chi connectivity index (χ1) is 14.9. The van der Waals surface area contributed by atoms with E-state index in [0.29, 0.717) is 17.4 Å². The van der Waals surface area contributed by atoms with E-state index in [2.05, 4.69) is 5.32 Å². The Bertz CT molecular complexity index is 1110. The topological polar surface area (TPSA) is 74.1 Å². The highest BCUT2D eigenvalue weighted by Gasteiger charge is 2.41. The van der Waals surface area contributed by atoms with Crippen molar-refractivity contribution in [2.75, 3.05) is 5.32 Å². The highest BCUT2D eigenvalue weighted by atomic mass is 32.2. The highest BCUT2D eigenvalue weighted by molar-refractivity contribution is 8.15. The zero-order valence-corrected chi connectivity index (χ0v) is 19.0. The van der Waals surface area contributed by atoms with Crippen molar-refractivity contribution in [2.45, 2.75) is 51.8 Å². The summed E-state index contributed by atoms with van der Waals surface area (Å²) < 4.78 is 0. The van der Waals surface area contributed by atoms with Crippen LogP contribution >= 0.6 is 11.8 Å². The molecule has 2 atom stereocenters. The number of aliphatic imine (C=N–C) groups is 2. The lowest BCUT2D eigenvalue weighted by atomic mass is 10.1. The summed E-state index contributed by atoms with van der Waals surface area (Å²) in [7, 11) is 0. The van der Waals surface area contributed by atoms with E-state index in [9.17, 15) is 9.59 Å². The van der Waals surface area contributed by atoms with Crippen LogP contribution in [0.3, 0.4) is 0 Å². The monoisotopic (exact) mass is 434 g/mol. The predicted molar refractivity (Wildman–Crippen MR) is 127 cm³/mol. The number of nitrogens with one attached hydrogen (secondary N) is 1. The summed E-state index contributed by atoms with van der Waals surface area (Å²) in [5.41, 5.74) is 4.59. The van der Waals surface area contributed by atoms with Gasteiger partial charge >= 0.3 is 0 Å². The molecule has 2 aliphatic heterocycles. The maximum Gasteiger partial charge on any atom is 0.259 e. The van der Waals surface area contributed by atoms with Crippen LogP contribution in [0.25, 0.3) is 0 Å². The number of thioether (sulfide) groups is 1. The van der Waals surface area contributed by atoms with Gasteiger partial charge in [0.05, 0.1) is 10.9 Å². The lowest BCUT2D eigenvalue weighted by molar-refractivity contribution is -0.124. The molecule has 0 aromatic heterocycles. The number of benzene rings is 2. The van der Waals surface area contributed by atoms with Crippen molar-refractivity contribution in [1.29, 1.82) is 0 Å². The fraction of sp³-hybridized carbons (Fsp3) is 0.333. The van der Waals surface area contributed by atoms with Gasteiger partial charge in [0.15, 0.2) is 5.17 Å². The SMILES string of the molecule is CCCC1N=C2c3ccccc3N=C(SC(C)C(=O)Nc3cccc(C)c3C)N2C1=O. The molecule has 2 aliphatic rings. The molecule has 2 unspecified atom stereocenters. The van der Waals surface area contributed by atoms with E-state index >= 15 is 0 Å². The minimum Gasteiger partial charge on any atom is -0.325 e. The van der Waals surface area contributed by atoms with Gasteiger partial charge in [-0.25, -0.2) is 9.89 Å². The molecular weight excluding hydrogens is 408 g/mol. The van der Waals surface area contributed by atoms with Crippen LogP contribution in [0.2, 0.25) is 0 Å². The van der Waals surface area contributed by atoms with Gasteiger partial charge < -0.3 is 5.32 Å². The first-order valence-corrected chi connectivity index (χ1v) is 11.4. The molecule has 6 nitrogen and oxygen atoms in total. The number of nitrogens with zero attached hydrogens (tertiary/aromatic N) is 3. The maximum absolute atomic E-state index is 13.1. The Morgan fingerprint density at radius 1 is 1.19 bits per heavy atom. The first kappa shape index (κ1) is 21.3. The molecule has 0 bridgehead atoms. The van der Waals surface area contributed by atoms with Crippen molar-refractivity contribution in [3.05, 3.63) is 59.2 Å². The van der Waals surface area contributed by atoms with E-state index in [1.165, 1.54) is 11.8 Å². The third kappa shape index (κ3) is 4.02. The second-order valence-corrected chi connectivity index (χ2v) is 9.15. The molecule has 2 aromatic carbocycles. The lowest BCUT2D eigenvalue weighted by Crippen LogP contribution is -2.42. The van der Waals surface area contributed by atoms with Crippen LogP contribution in [0.4, 0.5) is 11.4 Å². The van der Waals surface area contributed by atoms with Gasteiger partial charge in [-0.3, -0.25) is 14.6 Å². The average molecular weight is 435 g/mol. The van der Waals surface area contributed by atoms with E-state index in [0.717, 1.165) is 34.5 Å². The number of rotatable bonds is 5. The Morgan fingerprint density at radius 3 is 2.74 bits per heavy atom. The fourth-order valence-electron chi connectivity index (χ4n) is 3.68. The van der Waals surface area contributed by atoms with E-state index in [4.69, 9.17) is 9.98 Å². The van der Waals surface area contributed by atoms with Gasteiger partial charge in [-0.05, 0) is 56.5 Å². The van der Waals surface area contributed by atoms with Crippen LogP contribution in [0, 0.1) is 13.8 Å². The number of carbonyl (C=O) groups is 2. The zero-order chi connectivity index (χ0) is 22.1. The molecule has 1 N–H and O–H groups in total. The third-order valence-corrected chi connectivity index (χ3v) is 6.68. The highest BCUT2D eigenvalue weighted by Crippen LogP contribution is 2.35. The van der Waals surface area contributed by atoms with Gasteiger partial charge in [0.1, 0.15) is 11.9 Å². The largest absolute Gasteiger partial charge is 0.325 e. The van der Waals surface area contributed by atoms with E-state index in [1.54, 1.807) is 4.90 Å². The van der Waals surface area contributed by atoms with Crippen LogP contribution in [0.1, 0.15) is 43.4 Å². The van der Waals surface area contributed by atoms with E-state index in [1.807, 2.05) is 70.2 Å². The number of hydrogen-bond acceptors (Lipinski definition) is 5. The minimum absolute atomic E-state index is 0.0697. The van der Waals surface area contributed by atoms with Crippen molar-refractivity contribution in [3.8, 4) is 0 Å². The molecular formula is C24H26N4O2S. The summed E-state index contributed by atoms with van der Waals surface area (Å²) >= 11 is 1.28. The maximum atomic E-state index is 13.1. The quantitative estimate of drug-likeness (QED) is 0.733. The molecule has 2 aromatic rings. The van der Waals surface area contributed by atoms with Crippen molar-refractivity contribution < 1.29 is 9.59 Å². The van der Waals surface area contributed by atoms with Crippen molar-refractivity contribution >= 4 is 46.0 Å². The number of amidine groups is 2. The second-order valence-electron chi connectivity index (χ2n) is 7.84. The molecule has 2 amide bonds. The van der Waals surface area contributed by atoms with Crippen molar-refractivity contribution in [2.24, 2.45) is 9.98 Å². The predicted octanol–water partition coefficient (Wildman–Crippen LogP) is 4.82. The van der Waals surface area contributed by atoms with Gasteiger partial charge in [0, 0.05) is 11.3 Å². The fourth-order valence-corrected chi connectivity index (χ4v) is 4.59. The van der Waals surface area contributed by atoms with Crippen LogP contribution in [-0.2, 0) is 9.59 Å². The summed E-state index contributed by atoms with van der Waals surface area (Å²) in [6, 6.07) is 13.1. The second kappa shape index (κ2) is 8.67. The van der Waals surface area contributed by atoms with Crippen molar-refractivity contribution in [1.82, 2.24) is 4.90 Å². The van der Waals surface area contributed by atoms with Gasteiger partial charge in [-0.1, -0.05) is 49.4 Å². The van der Waals surface area contributed by atoms with Gasteiger partial charge in [-0.15, -0.1) is 0 Å². The Morgan fingerprint density at radius 2 is 1.97 bits per heavy atom. The normalized spacial score (nSPS) is 18.1. The molecule has 0 spiro atoms. The molecule has 4 rings (SSSR count). The number of hydrogen-bond donors (Lipinski definition) is 1. The molecule has 31 heavy (non-hydrogen) atoms. The summed E-state index contributed by atoms with van der Waals surface area (Å²) in [4.78, 5) is 37.0. The van der Waals surface area contributed by atoms with Crippen LogP contribution < -0.4 is 5.32 Å². The zero-order valence-electron chi connectivity index (χ0n) is 18.2. The van der Waals surface area contributed by atoms with Gasteiger partial charge in [0.25, 0.3) is 5.91 Å². The average Bonchev–Trinajstić information content (AvgIpc) is 3.08. The van der Waals surface area contributed by atoms with E-state index < -0.39 is 11.3 Å². The molecule has 2 heterocycles. The molecule has 0 fully saturated rings. The minimum atomic E-state index is -0.441. The summed E-state index contributed by atoms with van der Waals surface area (Å²) in [5.74, 6) is 0.439. The molecule has 0 radical (unpaired) electrons. The number of para-hydroxylation sites is 1. The van der Waals surface area contributed by atoms with Crippen LogP contribution in [0.15, 0.2) is 52.4 Å². The molecule has 7 heteroatoms. The smallest absolute Gasteiger partial charge is 0.259 e. The van der Waals surface area contributed by atoms with Crippen LogP contribution in [0.5, 0.6) is 0 Å². The molecule has 160 valence electrons. The molecule has 0 saturated carbocycles. The Hall–Kier alpha value is -2.93.